The highest BCUT2D eigenvalue weighted by Crippen LogP contribution is 2.37. The van der Waals surface area contributed by atoms with Crippen molar-refractivity contribution in [3.8, 4) is 11.3 Å². The summed E-state index contributed by atoms with van der Waals surface area (Å²) in [5.41, 5.74) is 2.20. The van der Waals surface area contributed by atoms with Crippen LogP contribution in [-0.2, 0) is 0 Å². The third kappa shape index (κ3) is 4.06. The van der Waals surface area contributed by atoms with Crippen LogP contribution in [-0.4, -0.2) is 46.1 Å². The Bertz CT molecular complexity index is 755. The molecule has 5 heteroatoms. The third-order valence-electron chi connectivity index (χ3n) is 6.24. The molecule has 1 aromatic heterocycles. The number of aromatic nitrogens is 2. The van der Waals surface area contributed by atoms with Gasteiger partial charge < -0.3 is 4.90 Å². The maximum absolute atomic E-state index is 4.63. The van der Waals surface area contributed by atoms with Gasteiger partial charge in [0, 0.05) is 30.1 Å². The minimum atomic E-state index is 0.101. The SMILES string of the molecule is CCCCSc1ccc(-c2ccc(N3CCCC3(C)N3CCCC3)nn2)cc1. The van der Waals surface area contributed by atoms with Gasteiger partial charge in [0.2, 0.25) is 0 Å². The van der Waals surface area contributed by atoms with Crippen molar-refractivity contribution in [3.63, 3.8) is 0 Å². The molecule has 2 fully saturated rings. The Labute approximate surface area is 173 Å². The first-order chi connectivity index (χ1) is 13.7. The van der Waals surface area contributed by atoms with Gasteiger partial charge in [0.25, 0.3) is 0 Å². The van der Waals surface area contributed by atoms with E-state index < -0.39 is 0 Å². The summed E-state index contributed by atoms with van der Waals surface area (Å²) < 4.78 is 0. The lowest BCUT2D eigenvalue weighted by Gasteiger charge is -2.43. The van der Waals surface area contributed by atoms with Gasteiger partial charge in [-0.3, -0.25) is 4.90 Å². The number of hydrogen-bond acceptors (Lipinski definition) is 5. The number of thioether (sulfide) groups is 1. The van der Waals surface area contributed by atoms with E-state index in [1.807, 2.05) is 11.8 Å². The molecule has 0 aliphatic carbocycles. The molecule has 0 N–H and O–H groups in total. The van der Waals surface area contributed by atoms with Gasteiger partial charge >= 0.3 is 0 Å². The standard InChI is InChI=1S/C23H32N4S/c1-3-4-18-28-20-10-8-19(9-11-20)21-12-13-22(25-24-21)27-17-7-14-23(27,2)26-15-5-6-16-26/h8-13H,3-7,14-18H2,1-2H3. The van der Waals surface area contributed by atoms with E-state index in [0.717, 1.165) is 23.6 Å². The zero-order chi connectivity index (χ0) is 19.4. The summed E-state index contributed by atoms with van der Waals surface area (Å²) in [7, 11) is 0. The van der Waals surface area contributed by atoms with Crippen molar-refractivity contribution in [1.82, 2.24) is 15.1 Å². The zero-order valence-corrected chi connectivity index (χ0v) is 18.0. The Morgan fingerprint density at radius 1 is 0.964 bits per heavy atom. The van der Waals surface area contributed by atoms with Crippen molar-refractivity contribution in [3.05, 3.63) is 36.4 Å². The first kappa shape index (κ1) is 19.7. The number of hydrogen-bond donors (Lipinski definition) is 0. The van der Waals surface area contributed by atoms with E-state index in [-0.39, 0.29) is 5.66 Å². The van der Waals surface area contributed by atoms with Gasteiger partial charge in [-0.2, -0.15) is 0 Å². The Hall–Kier alpha value is -1.59. The molecule has 4 nitrogen and oxygen atoms in total. The topological polar surface area (TPSA) is 32.3 Å². The molecular weight excluding hydrogens is 364 g/mol. The predicted octanol–water partition coefficient (Wildman–Crippen LogP) is 5.45. The van der Waals surface area contributed by atoms with Crippen LogP contribution in [0.1, 0.15) is 52.4 Å². The molecule has 4 rings (SSSR count). The first-order valence-electron chi connectivity index (χ1n) is 10.8. The van der Waals surface area contributed by atoms with Crippen LogP contribution in [0.5, 0.6) is 0 Å². The number of benzene rings is 1. The smallest absolute Gasteiger partial charge is 0.152 e. The van der Waals surface area contributed by atoms with Crippen molar-refractivity contribution in [2.24, 2.45) is 0 Å². The van der Waals surface area contributed by atoms with Crippen molar-refractivity contribution in [2.75, 3.05) is 30.3 Å². The lowest BCUT2D eigenvalue weighted by Crippen LogP contribution is -2.54. The molecule has 150 valence electrons. The Kier molecular flexibility index (Phi) is 6.22. The molecular formula is C23H32N4S. The maximum atomic E-state index is 4.63. The van der Waals surface area contributed by atoms with Crippen LogP contribution in [0.3, 0.4) is 0 Å². The predicted molar refractivity (Wildman–Crippen MR) is 119 cm³/mol. The molecule has 0 bridgehead atoms. The molecule has 1 unspecified atom stereocenters. The molecule has 2 aromatic rings. The molecule has 0 radical (unpaired) electrons. The summed E-state index contributed by atoms with van der Waals surface area (Å²) in [5.74, 6) is 2.21. The molecule has 2 aliphatic heterocycles. The minimum absolute atomic E-state index is 0.101. The number of anilines is 1. The molecule has 2 aliphatic rings. The second kappa shape index (κ2) is 8.83. The van der Waals surface area contributed by atoms with Crippen LogP contribution in [0.15, 0.2) is 41.3 Å². The Balaban J connectivity index is 1.46. The summed E-state index contributed by atoms with van der Waals surface area (Å²) in [6.45, 7) is 8.12. The van der Waals surface area contributed by atoms with E-state index in [1.165, 1.54) is 62.3 Å². The summed E-state index contributed by atoms with van der Waals surface area (Å²) >= 11 is 1.93. The third-order valence-corrected chi connectivity index (χ3v) is 7.34. The van der Waals surface area contributed by atoms with Crippen LogP contribution < -0.4 is 4.90 Å². The minimum Gasteiger partial charge on any atom is -0.337 e. The van der Waals surface area contributed by atoms with Gasteiger partial charge in [0.1, 0.15) is 0 Å². The molecule has 1 aromatic carbocycles. The van der Waals surface area contributed by atoms with Gasteiger partial charge in [-0.1, -0.05) is 25.5 Å². The van der Waals surface area contributed by atoms with E-state index in [9.17, 15) is 0 Å². The number of unbranched alkanes of at least 4 members (excludes halogenated alkanes) is 1. The molecule has 0 spiro atoms. The fourth-order valence-electron chi connectivity index (χ4n) is 4.52. The molecule has 28 heavy (non-hydrogen) atoms. The summed E-state index contributed by atoms with van der Waals surface area (Å²) in [6, 6.07) is 13.0. The number of likely N-dealkylation sites (tertiary alicyclic amines) is 1. The van der Waals surface area contributed by atoms with Crippen LogP contribution >= 0.6 is 11.8 Å². The molecule has 0 saturated carbocycles. The molecule has 1 atom stereocenters. The maximum Gasteiger partial charge on any atom is 0.152 e. The Morgan fingerprint density at radius 3 is 2.43 bits per heavy atom. The first-order valence-corrected chi connectivity index (χ1v) is 11.8. The monoisotopic (exact) mass is 396 g/mol. The quantitative estimate of drug-likeness (QED) is 0.459. The fraction of sp³-hybridized carbons (Fsp3) is 0.565. The van der Waals surface area contributed by atoms with Gasteiger partial charge in [-0.15, -0.1) is 22.0 Å². The lowest BCUT2D eigenvalue weighted by molar-refractivity contribution is 0.144. The number of rotatable bonds is 7. The van der Waals surface area contributed by atoms with Gasteiger partial charge in [0.15, 0.2) is 5.82 Å². The summed E-state index contributed by atoms with van der Waals surface area (Å²) in [6.07, 6.45) is 7.61. The molecule has 3 heterocycles. The normalized spacial score (nSPS) is 22.9. The van der Waals surface area contributed by atoms with Gasteiger partial charge in [-0.25, -0.2) is 0 Å². The van der Waals surface area contributed by atoms with Crippen LogP contribution in [0.4, 0.5) is 5.82 Å². The van der Waals surface area contributed by atoms with Crippen molar-refractivity contribution >= 4 is 17.6 Å². The van der Waals surface area contributed by atoms with Crippen LogP contribution in [0.25, 0.3) is 11.3 Å². The van der Waals surface area contributed by atoms with Crippen LogP contribution in [0, 0.1) is 0 Å². The van der Waals surface area contributed by atoms with Crippen LogP contribution in [0.2, 0.25) is 0 Å². The van der Waals surface area contributed by atoms with E-state index in [0.29, 0.717) is 0 Å². The molecule has 0 amide bonds. The summed E-state index contributed by atoms with van der Waals surface area (Å²) in [5, 5.41) is 9.20. The zero-order valence-electron chi connectivity index (χ0n) is 17.2. The summed E-state index contributed by atoms with van der Waals surface area (Å²) in [4.78, 5) is 6.45. The number of nitrogens with zero attached hydrogens (tertiary/aromatic N) is 4. The highest BCUT2D eigenvalue weighted by molar-refractivity contribution is 7.99. The fourth-order valence-corrected chi connectivity index (χ4v) is 5.51. The second-order valence-corrected chi connectivity index (χ2v) is 9.34. The average Bonchev–Trinajstić information content (AvgIpc) is 3.40. The Morgan fingerprint density at radius 2 is 1.75 bits per heavy atom. The van der Waals surface area contributed by atoms with Crippen molar-refractivity contribution in [2.45, 2.75) is 62.9 Å². The van der Waals surface area contributed by atoms with Crippen molar-refractivity contribution < 1.29 is 0 Å². The lowest BCUT2D eigenvalue weighted by atomic mass is 10.1. The van der Waals surface area contributed by atoms with E-state index in [1.54, 1.807) is 0 Å². The van der Waals surface area contributed by atoms with E-state index in [2.05, 4.69) is 70.2 Å². The molecule has 2 saturated heterocycles. The van der Waals surface area contributed by atoms with Gasteiger partial charge in [-0.05, 0) is 69.0 Å². The van der Waals surface area contributed by atoms with E-state index in [4.69, 9.17) is 0 Å². The highest BCUT2D eigenvalue weighted by atomic mass is 32.2. The van der Waals surface area contributed by atoms with Crippen molar-refractivity contribution in [1.29, 1.82) is 0 Å². The van der Waals surface area contributed by atoms with E-state index >= 15 is 0 Å². The largest absolute Gasteiger partial charge is 0.337 e. The highest BCUT2D eigenvalue weighted by Gasteiger charge is 2.43. The van der Waals surface area contributed by atoms with Gasteiger partial charge in [0.05, 0.1) is 11.4 Å². The second-order valence-electron chi connectivity index (χ2n) is 8.17. The average molecular weight is 397 g/mol.